The maximum Gasteiger partial charge on any atom is 0.328 e. The number of hydrogen-bond donors (Lipinski definition) is 1. The number of hydrogen-bond acceptors (Lipinski definition) is 8. The topological polar surface area (TPSA) is 99.0 Å². The van der Waals surface area contributed by atoms with Gasteiger partial charge in [0.25, 0.3) is 5.91 Å². The van der Waals surface area contributed by atoms with E-state index in [9.17, 15) is 9.59 Å². The molecule has 0 bridgehead atoms. The number of benzene rings is 1. The van der Waals surface area contributed by atoms with Gasteiger partial charge in [-0.15, -0.1) is 11.3 Å². The molecule has 0 aliphatic carbocycles. The first-order valence-corrected chi connectivity index (χ1v) is 13.8. The van der Waals surface area contributed by atoms with Gasteiger partial charge in [-0.3, -0.25) is 9.78 Å². The molecule has 10 heteroatoms. The van der Waals surface area contributed by atoms with E-state index in [0.29, 0.717) is 24.1 Å². The molecule has 37 heavy (non-hydrogen) atoms. The van der Waals surface area contributed by atoms with Crippen LogP contribution in [0.4, 0.5) is 0 Å². The van der Waals surface area contributed by atoms with Gasteiger partial charge in [0, 0.05) is 53.1 Å². The summed E-state index contributed by atoms with van der Waals surface area (Å²) < 4.78 is 6.89. The van der Waals surface area contributed by atoms with E-state index >= 15 is 0 Å². The van der Waals surface area contributed by atoms with Crippen molar-refractivity contribution >= 4 is 46.6 Å². The molecule has 0 radical (unpaired) electrons. The molecule has 8 nitrogen and oxygen atoms in total. The second-order valence-corrected chi connectivity index (χ2v) is 10.00. The van der Waals surface area contributed by atoms with Crippen molar-refractivity contribution in [3.05, 3.63) is 89.2 Å². The van der Waals surface area contributed by atoms with Crippen LogP contribution in [0.3, 0.4) is 0 Å². The molecule has 0 aliphatic heterocycles. The highest BCUT2D eigenvalue weighted by Crippen LogP contribution is 2.28. The van der Waals surface area contributed by atoms with Crippen LogP contribution >= 0.6 is 23.1 Å². The molecular weight excluding hydrogens is 506 g/mol. The number of pyridine rings is 1. The summed E-state index contributed by atoms with van der Waals surface area (Å²) >= 11 is 3.17. The molecule has 1 aromatic carbocycles. The van der Waals surface area contributed by atoms with Crippen LogP contribution < -0.4 is 5.32 Å². The minimum absolute atomic E-state index is 0.343. The molecule has 190 valence electrons. The van der Waals surface area contributed by atoms with Gasteiger partial charge in [0.1, 0.15) is 11.0 Å². The predicted molar refractivity (Wildman–Crippen MR) is 148 cm³/mol. The molecule has 1 atom stereocenters. The second-order valence-electron chi connectivity index (χ2n) is 8.12. The molecule has 3 aromatic heterocycles. The van der Waals surface area contributed by atoms with Crippen LogP contribution in [0.5, 0.6) is 0 Å². The van der Waals surface area contributed by atoms with Gasteiger partial charge >= 0.3 is 5.97 Å². The first-order chi connectivity index (χ1) is 18.1. The van der Waals surface area contributed by atoms with Crippen molar-refractivity contribution < 1.29 is 14.3 Å². The van der Waals surface area contributed by atoms with E-state index in [1.165, 1.54) is 7.11 Å². The number of carbonyl (C=O) groups excluding carboxylic acids is 2. The van der Waals surface area contributed by atoms with Gasteiger partial charge in [-0.05, 0) is 53.8 Å². The van der Waals surface area contributed by atoms with Crippen LogP contribution in [0.1, 0.15) is 27.3 Å². The van der Waals surface area contributed by atoms with Crippen LogP contribution in [0.15, 0.2) is 73.0 Å². The maximum absolute atomic E-state index is 13.4. The number of carbonyl (C=O) groups is 2. The fraction of sp³-hybridized carbons (Fsp3) is 0.222. The Morgan fingerprint density at radius 1 is 1.22 bits per heavy atom. The number of esters is 1. The highest BCUT2D eigenvalue weighted by molar-refractivity contribution is 7.98. The molecule has 0 saturated heterocycles. The van der Waals surface area contributed by atoms with Gasteiger partial charge in [0.15, 0.2) is 0 Å². The summed E-state index contributed by atoms with van der Waals surface area (Å²) in [6.07, 6.45) is 15.1. The largest absolute Gasteiger partial charge is 0.467 e. The summed E-state index contributed by atoms with van der Waals surface area (Å²) in [6, 6.07) is 8.65. The van der Waals surface area contributed by atoms with Crippen molar-refractivity contribution in [3.63, 3.8) is 0 Å². The molecule has 0 unspecified atom stereocenters. The van der Waals surface area contributed by atoms with Gasteiger partial charge in [-0.1, -0.05) is 12.1 Å². The third-order valence-corrected chi connectivity index (χ3v) is 7.12. The summed E-state index contributed by atoms with van der Waals surface area (Å²) in [6.45, 7) is 0.605. The lowest BCUT2D eigenvalue weighted by Crippen LogP contribution is -2.42. The fourth-order valence-corrected chi connectivity index (χ4v) is 4.93. The quantitative estimate of drug-likeness (QED) is 0.280. The van der Waals surface area contributed by atoms with Gasteiger partial charge in [-0.2, -0.15) is 11.8 Å². The number of methoxy groups -OCH3 is 1. The van der Waals surface area contributed by atoms with Crippen molar-refractivity contribution in [3.8, 4) is 11.1 Å². The summed E-state index contributed by atoms with van der Waals surface area (Å²) in [5, 5.41) is 5.72. The lowest BCUT2D eigenvalue weighted by Gasteiger charge is -2.18. The first kappa shape index (κ1) is 26.3. The number of imidazole rings is 1. The van der Waals surface area contributed by atoms with Crippen LogP contribution in [0.25, 0.3) is 22.8 Å². The molecule has 4 aromatic rings. The van der Waals surface area contributed by atoms with Crippen molar-refractivity contribution in [2.45, 2.75) is 19.0 Å². The lowest BCUT2D eigenvalue weighted by atomic mass is 9.96. The molecule has 4 rings (SSSR count). The Labute approximate surface area is 223 Å². The Morgan fingerprint density at radius 2 is 2.11 bits per heavy atom. The summed E-state index contributed by atoms with van der Waals surface area (Å²) in [7, 11) is 1.33. The smallest absolute Gasteiger partial charge is 0.328 e. The Kier molecular flexibility index (Phi) is 9.23. The number of allylic oxidation sites excluding steroid dienone is 1. The van der Waals surface area contributed by atoms with Crippen molar-refractivity contribution in [1.29, 1.82) is 0 Å². The van der Waals surface area contributed by atoms with E-state index in [0.717, 1.165) is 27.5 Å². The van der Waals surface area contributed by atoms with Gasteiger partial charge < -0.3 is 14.6 Å². The van der Waals surface area contributed by atoms with E-state index in [-0.39, 0.29) is 5.91 Å². The van der Waals surface area contributed by atoms with E-state index in [2.05, 4.69) is 26.3 Å². The van der Waals surface area contributed by atoms with E-state index in [1.54, 1.807) is 60.3 Å². The normalized spacial score (nSPS) is 12.2. The Morgan fingerprint density at radius 3 is 2.78 bits per heavy atom. The van der Waals surface area contributed by atoms with Gasteiger partial charge in [0.2, 0.25) is 0 Å². The number of amides is 1. The lowest BCUT2D eigenvalue weighted by molar-refractivity contribution is -0.142. The molecule has 0 saturated carbocycles. The first-order valence-electron chi connectivity index (χ1n) is 11.6. The number of nitrogens with one attached hydrogen (secondary N) is 1. The average molecular weight is 534 g/mol. The minimum atomic E-state index is -0.724. The molecule has 1 N–H and O–H groups in total. The standard InChI is InChI=1S/C27H27N5O3S2/c1-35-27(34)24(7-12-36-2)31-25(33)22-6-5-19(15-23(22)20-4-3-8-28-16-20)14-21(26-30-10-13-37-26)17-32-11-9-29-18-32/h3-6,8-11,13-16,18,24H,7,12,17H2,1-2H3,(H,31,33)/b21-14-/t24-/m0/s1. The number of rotatable bonds is 11. The number of ether oxygens (including phenoxy) is 1. The van der Waals surface area contributed by atoms with Crippen molar-refractivity contribution in [1.82, 2.24) is 24.8 Å². The number of thiazole rings is 1. The van der Waals surface area contributed by atoms with E-state index in [1.807, 2.05) is 46.7 Å². The maximum atomic E-state index is 13.4. The third kappa shape index (κ3) is 6.93. The Bertz CT molecular complexity index is 1340. The number of thioether (sulfide) groups is 1. The van der Waals surface area contributed by atoms with Crippen LogP contribution in [0, 0.1) is 0 Å². The summed E-state index contributed by atoms with van der Waals surface area (Å²) in [5.74, 6) is -0.0858. The summed E-state index contributed by atoms with van der Waals surface area (Å²) in [5.41, 5.74) is 3.90. The molecule has 0 aliphatic rings. The van der Waals surface area contributed by atoms with Crippen LogP contribution in [-0.4, -0.2) is 56.6 Å². The van der Waals surface area contributed by atoms with Gasteiger partial charge in [-0.25, -0.2) is 14.8 Å². The molecule has 3 heterocycles. The van der Waals surface area contributed by atoms with Gasteiger partial charge in [0.05, 0.1) is 20.0 Å². The highest BCUT2D eigenvalue weighted by atomic mass is 32.2. The number of aromatic nitrogens is 4. The van der Waals surface area contributed by atoms with Crippen LogP contribution in [0.2, 0.25) is 0 Å². The predicted octanol–water partition coefficient (Wildman–Crippen LogP) is 4.67. The van der Waals surface area contributed by atoms with Crippen molar-refractivity contribution in [2.75, 3.05) is 19.1 Å². The highest BCUT2D eigenvalue weighted by Gasteiger charge is 2.23. The molecule has 0 fully saturated rings. The average Bonchev–Trinajstić information content (AvgIpc) is 3.65. The summed E-state index contributed by atoms with van der Waals surface area (Å²) in [4.78, 5) is 38.6. The zero-order chi connectivity index (χ0) is 26.0. The van der Waals surface area contributed by atoms with Crippen molar-refractivity contribution in [2.24, 2.45) is 0 Å². The van der Waals surface area contributed by atoms with E-state index in [4.69, 9.17) is 4.74 Å². The molecule has 1 amide bonds. The SMILES string of the molecule is COC(=O)[C@H](CCSC)NC(=O)c1ccc(/C=C(/Cn2ccnc2)c2nccs2)cc1-c1cccnc1. The minimum Gasteiger partial charge on any atom is -0.467 e. The van der Waals surface area contributed by atoms with Crippen LogP contribution in [-0.2, 0) is 16.1 Å². The Hall–Kier alpha value is -3.76. The monoisotopic (exact) mass is 533 g/mol. The molecular formula is C27H27N5O3S2. The second kappa shape index (κ2) is 13.0. The zero-order valence-corrected chi connectivity index (χ0v) is 22.2. The Balaban J connectivity index is 1.71. The molecule has 0 spiro atoms. The van der Waals surface area contributed by atoms with E-state index < -0.39 is 12.0 Å². The zero-order valence-electron chi connectivity index (χ0n) is 20.5. The third-order valence-electron chi connectivity index (χ3n) is 5.62. The fourth-order valence-electron chi connectivity index (χ4n) is 3.81. The number of nitrogens with zero attached hydrogens (tertiary/aromatic N) is 4.